The standard InChI is InChI=1S/C14H17F2NO2/c1-19-14(18)10-7-8-11(13(16)12(10)15)17-9-5-3-2-4-6-9/h7-9,17H,2-6H2,1H3. The third-order valence-corrected chi connectivity index (χ3v) is 3.45. The lowest BCUT2D eigenvalue weighted by Crippen LogP contribution is -2.23. The van der Waals surface area contributed by atoms with E-state index >= 15 is 0 Å². The fourth-order valence-corrected chi connectivity index (χ4v) is 2.40. The Hall–Kier alpha value is -1.65. The molecule has 5 heteroatoms. The van der Waals surface area contributed by atoms with Crippen LogP contribution in [0.25, 0.3) is 0 Å². The molecule has 0 saturated heterocycles. The highest BCUT2D eigenvalue weighted by atomic mass is 19.2. The van der Waals surface area contributed by atoms with Crippen LogP contribution in [0.1, 0.15) is 42.5 Å². The van der Waals surface area contributed by atoms with Gasteiger partial charge in [-0.1, -0.05) is 19.3 Å². The second-order valence-corrected chi connectivity index (χ2v) is 4.76. The molecule has 19 heavy (non-hydrogen) atoms. The van der Waals surface area contributed by atoms with Crippen LogP contribution in [0.2, 0.25) is 0 Å². The maximum atomic E-state index is 13.9. The zero-order valence-corrected chi connectivity index (χ0v) is 10.8. The van der Waals surface area contributed by atoms with Crippen molar-refractivity contribution in [3.05, 3.63) is 29.3 Å². The molecule has 1 aromatic carbocycles. The lowest BCUT2D eigenvalue weighted by molar-refractivity contribution is 0.0594. The van der Waals surface area contributed by atoms with Crippen molar-refractivity contribution < 1.29 is 18.3 Å². The van der Waals surface area contributed by atoms with Gasteiger partial charge in [0.1, 0.15) is 0 Å². The summed E-state index contributed by atoms with van der Waals surface area (Å²) >= 11 is 0. The molecular formula is C14H17F2NO2. The van der Waals surface area contributed by atoms with E-state index in [1.165, 1.54) is 18.6 Å². The zero-order valence-electron chi connectivity index (χ0n) is 10.8. The first-order valence-corrected chi connectivity index (χ1v) is 6.46. The van der Waals surface area contributed by atoms with Gasteiger partial charge in [0.25, 0.3) is 0 Å². The predicted octanol–water partition coefficient (Wildman–Crippen LogP) is 3.50. The van der Waals surface area contributed by atoms with Crippen LogP contribution in [0, 0.1) is 11.6 Å². The molecule has 2 rings (SSSR count). The number of ether oxygens (including phenoxy) is 1. The van der Waals surface area contributed by atoms with Gasteiger partial charge in [0.05, 0.1) is 18.4 Å². The summed E-state index contributed by atoms with van der Waals surface area (Å²) < 4.78 is 32.0. The van der Waals surface area contributed by atoms with Crippen molar-refractivity contribution >= 4 is 11.7 Å². The highest BCUT2D eigenvalue weighted by Crippen LogP contribution is 2.26. The van der Waals surface area contributed by atoms with Gasteiger partial charge < -0.3 is 10.1 Å². The topological polar surface area (TPSA) is 38.3 Å². The van der Waals surface area contributed by atoms with E-state index in [1.54, 1.807) is 0 Å². The van der Waals surface area contributed by atoms with Crippen molar-refractivity contribution in [2.45, 2.75) is 38.1 Å². The van der Waals surface area contributed by atoms with E-state index in [-0.39, 0.29) is 17.3 Å². The molecule has 1 aromatic rings. The fourth-order valence-electron chi connectivity index (χ4n) is 2.40. The number of carbonyl (C=O) groups is 1. The molecule has 1 fully saturated rings. The monoisotopic (exact) mass is 269 g/mol. The lowest BCUT2D eigenvalue weighted by Gasteiger charge is -2.24. The first-order valence-electron chi connectivity index (χ1n) is 6.46. The van der Waals surface area contributed by atoms with Gasteiger partial charge in [0.15, 0.2) is 11.6 Å². The Morgan fingerprint density at radius 3 is 2.53 bits per heavy atom. The third kappa shape index (κ3) is 3.03. The van der Waals surface area contributed by atoms with Gasteiger partial charge in [-0.3, -0.25) is 0 Å². The van der Waals surface area contributed by atoms with Gasteiger partial charge in [-0.15, -0.1) is 0 Å². The van der Waals surface area contributed by atoms with Crippen molar-refractivity contribution in [2.24, 2.45) is 0 Å². The number of rotatable bonds is 3. The van der Waals surface area contributed by atoms with E-state index in [1.807, 2.05) is 0 Å². The highest BCUT2D eigenvalue weighted by Gasteiger charge is 2.21. The average molecular weight is 269 g/mol. The van der Waals surface area contributed by atoms with Crippen molar-refractivity contribution in [2.75, 3.05) is 12.4 Å². The Kier molecular flexibility index (Phi) is 4.35. The Morgan fingerprint density at radius 2 is 1.89 bits per heavy atom. The average Bonchev–Trinajstić information content (AvgIpc) is 2.44. The van der Waals surface area contributed by atoms with Crippen molar-refractivity contribution in [3.8, 4) is 0 Å². The fraction of sp³-hybridized carbons (Fsp3) is 0.500. The Labute approximate surface area is 111 Å². The molecule has 0 heterocycles. The molecule has 1 aliphatic carbocycles. The summed E-state index contributed by atoms with van der Waals surface area (Å²) in [7, 11) is 1.13. The summed E-state index contributed by atoms with van der Waals surface area (Å²) in [6, 6.07) is 2.81. The van der Waals surface area contributed by atoms with E-state index in [0.717, 1.165) is 32.8 Å². The summed E-state index contributed by atoms with van der Waals surface area (Å²) in [6.45, 7) is 0. The number of hydrogen-bond acceptors (Lipinski definition) is 3. The molecule has 0 spiro atoms. The Bertz CT molecular complexity index is 471. The van der Waals surface area contributed by atoms with Gasteiger partial charge in [-0.2, -0.15) is 0 Å². The van der Waals surface area contributed by atoms with Crippen LogP contribution in [0.5, 0.6) is 0 Å². The third-order valence-electron chi connectivity index (χ3n) is 3.45. The minimum atomic E-state index is -1.16. The summed E-state index contributed by atoms with van der Waals surface area (Å²) in [5.41, 5.74) is -0.272. The number of halogens is 2. The quantitative estimate of drug-likeness (QED) is 0.853. The van der Waals surface area contributed by atoms with E-state index in [2.05, 4.69) is 10.1 Å². The molecule has 1 saturated carbocycles. The summed E-state index contributed by atoms with van der Waals surface area (Å²) in [5, 5.41) is 3.01. The maximum Gasteiger partial charge on any atom is 0.340 e. The zero-order chi connectivity index (χ0) is 13.8. The predicted molar refractivity (Wildman–Crippen MR) is 68.2 cm³/mol. The van der Waals surface area contributed by atoms with Crippen LogP contribution < -0.4 is 5.32 Å². The van der Waals surface area contributed by atoms with Gasteiger partial charge >= 0.3 is 5.97 Å². The molecule has 0 atom stereocenters. The van der Waals surface area contributed by atoms with E-state index in [4.69, 9.17) is 0 Å². The van der Waals surface area contributed by atoms with Crippen LogP contribution in [0.15, 0.2) is 12.1 Å². The summed E-state index contributed by atoms with van der Waals surface area (Å²) in [6.07, 6.45) is 5.31. The number of hydrogen-bond donors (Lipinski definition) is 1. The largest absolute Gasteiger partial charge is 0.465 e. The first-order chi connectivity index (χ1) is 9.13. The van der Waals surface area contributed by atoms with E-state index < -0.39 is 17.6 Å². The van der Waals surface area contributed by atoms with Gasteiger partial charge in [-0.05, 0) is 25.0 Å². The Balaban J connectivity index is 2.18. The molecule has 0 bridgehead atoms. The molecule has 104 valence electrons. The van der Waals surface area contributed by atoms with Crippen LogP contribution >= 0.6 is 0 Å². The molecule has 0 aromatic heterocycles. The molecule has 3 nitrogen and oxygen atoms in total. The maximum absolute atomic E-state index is 13.9. The van der Waals surface area contributed by atoms with E-state index in [9.17, 15) is 13.6 Å². The molecule has 0 unspecified atom stereocenters. The highest BCUT2D eigenvalue weighted by molar-refractivity contribution is 5.90. The molecule has 1 N–H and O–H groups in total. The van der Waals surface area contributed by atoms with Crippen molar-refractivity contribution in [1.82, 2.24) is 0 Å². The number of benzene rings is 1. The van der Waals surface area contributed by atoms with Gasteiger partial charge in [0, 0.05) is 6.04 Å². The minimum Gasteiger partial charge on any atom is -0.465 e. The molecule has 1 aliphatic rings. The summed E-state index contributed by atoms with van der Waals surface area (Å²) in [4.78, 5) is 11.2. The smallest absolute Gasteiger partial charge is 0.340 e. The Morgan fingerprint density at radius 1 is 1.21 bits per heavy atom. The SMILES string of the molecule is COC(=O)c1ccc(NC2CCCCC2)c(F)c1F. The molecular weight excluding hydrogens is 252 g/mol. The van der Waals surface area contributed by atoms with Gasteiger partial charge in [0.2, 0.25) is 0 Å². The number of carbonyl (C=O) groups excluding carboxylic acids is 1. The van der Waals surface area contributed by atoms with Crippen molar-refractivity contribution in [1.29, 1.82) is 0 Å². The lowest BCUT2D eigenvalue weighted by atomic mass is 9.95. The van der Waals surface area contributed by atoms with Crippen LogP contribution in [0.3, 0.4) is 0 Å². The second kappa shape index (κ2) is 5.99. The second-order valence-electron chi connectivity index (χ2n) is 4.76. The first kappa shape index (κ1) is 13.8. The van der Waals surface area contributed by atoms with Crippen molar-refractivity contribution in [3.63, 3.8) is 0 Å². The minimum absolute atomic E-state index is 0.108. The molecule has 0 radical (unpaired) electrons. The number of anilines is 1. The number of nitrogens with one attached hydrogen (secondary N) is 1. The van der Waals surface area contributed by atoms with E-state index in [0.29, 0.717) is 0 Å². The van der Waals surface area contributed by atoms with Gasteiger partial charge in [-0.25, -0.2) is 13.6 Å². The number of esters is 1. The number of methoxy groups -OCH3 is 1. The molecule has 0 amide bonds. The molecule has 0 aliphatic heterocycles. The normalized spacial score (nSPS) is 16.2. The van der Waals surface area contributed by atoms with Crippen LogP contribution in [0.4, 0.5) is 14.5 Å². The van der Waals surface area contributed by atoms with Crippen LogP contribution in [-0.2, 0) is 4.74 Å². The summed E-state index contributed by atoms with van der Waals surface area (Å²) in [5.74, 6) is -3.05. The van der Waals surface area contributed by atoms with Crippen LogP contribution in [-0.4, -0.2) is 19.1 Å².